The van der Waals surface area contributed by atoms with E-state index in [1.807, 2.05) is 12.1 Å². The summed E-state index contributed by atoms with van der Waals surface area (Å²) in [5.41, 5.74) is 1.54. The first-order valence-corrected chi connectivity index (χ1v) is 11.9. The van der Waals surface area contributed by atoms with Crippen LogP contribution in [0, 0.1) is 0 Å². The van der Waals surface area contributed by atoms with Crippen LogP contribution >= 0.6 is 0 Å². The van der Waals surface area contributed by atoms with Gasteiger partial charge in [0.05, 0.1) is 19.4 Å². The van der Waals surface area contributed by atoms with Crippen molar-refractivity contribution in [2.75, 3.05) is 20.3 Å². The highest BCUT2D eigenvalue weighted by Gasteiger charge is 2.53. The molecule has 1 aromatic rings. The van der Waals surface area contributed by atoms with E-state index in [1.165, 1.54) is 6.92 Å². The minimum atomic E-state index is -1.31. The Bertz CT molecular complexity index is 1040. The molecule has 1 fully saturated rings. The van der Waals surface area contributed by atoms with Gasteiger partial charge in [-0.3, -0.25) is 19.2 Å². The van der Waals surface area contributed by atoms with Crippen LogP contribution in [0.4, 0.5) is 0 Å². The maximum atomic E-state index is 11.9. The smallest absolute Gasteiger partial charge is 0.303 e. The molecule has 0 radical (unpaired) electrons. The molecule has 13 nitrogen and oxygen atoms in total. The van der Waals surface area contributed by atoms with Crippen molar-refractivity contribution in [3.05, 3.63) is 29.8 Å². The van der Waals surface area contributed by atoms with Gasteiger partial charge < -0.3 is 38.0 Å². The highest BCUT2D eigenvalue weighted by Crippen LogP contribution is 2.30. The van der Waals surface area contributed by atoms with Crippen LogP contribution in [0.1, 0.15) is 39.7 Å². The van der Waals surface area contributed by atoms with Gasteiger partial charge in [0.1, 0.15) is 18.5 Å². The first-order valence-electron chi connectivity index (χ1n) is 11.9. The Morgan fingerprint density at radius 3 is 2.03 bits per heavy atom. The van der Waals surface area contributed by atoms with Crippen molar-refractivity contribution in [3.8, 4) is 5.75 Å². The SMILES string of the molecule is COc1ccc(C2=NO[C@@H](CO[C@H]3O[C@@H](COC(C)=O)[C@H](OC(C)=O)[C@@H](OC(C)=O)[C@@H]3OC(C)=O)C2)cc1. The first kappa shape index (κ1) is 28.9. The number of esters is 4. The molecule has 2 aliphatic heterocycles. The lowest BCUT2D eigenvalue weighted by molar-refractivity contribution is -0.311. The molecule has 2 heterocycles. The molecule has 0 unspecified atom stereocenters. The van der Waals surface area contributed by atoms with Gasteiger partial charge in [0.15, 0.2) is 30.7 Å². The summed E-state index contributed by atoms with van der Waals surface area (Å²) in [6.45, 7) is 4.25. The van der Waals surface area contributed by atoms with E-state index in [9.17, 15) is 19.2 Å². The zero-order valence-corrected chi connectivity index (χ0v) is 21.7. The minimum absolute atomic E-state index is 0.0447. The van der Waals surface area contributed by atoms with Gasteiger partial charge in [-0.15, -0.1) is 0 Å². The molecule has 0 bridgehead atoms. The maximum Gasteiger partial charge on any atom is 0.303 e. The lowest BCUT2D eigenvalue weighted by atomic mass is 9.98. The van der Waals surface area contributed by atoms with Gasteiger partial charge in [0, 0.05) is 34.1 Å². The molecule has 1 aromatic carbocycles. The molecular formula is C25H31NO12. The highest BCUT2D eigenvalue weighted by atomic mass is 16.7. The zero-order chi connectivity index (χ0) is 27.8. The predicted octanol–water partition coefficient (Wildman–Crippen LogP) is 1.29. The fourth-order valence-corrected chi connectivity index (χ4v) is 4.00. The topological polar surface area (TPSA) is 154 Å². The zero-order valence-electron chi connectivity index (χ0n) is 21.7. The van der Waals surface area contributed by atoms with Crippen LogP contribution in [0.15, 0.2) is 29.4 Å². The number of hydrogen-bond donors (Lipinski definition) is 0. The number of rotatable bonds is 10. The monoisotopic (exact) mass is 537 g/mol. The van der Waals surface area contributed by atoms with E-state index in [4.69, 9.17) is 38.0 Å². The van der Waals surface area contributed by atoms with Gasteiger partial charge in [-0.2, -0.15) is 0 Å². The lowest BCUT2D eigenvalue weighted by Crippen LogP contribution is -2.63. The van der Waals surface area contributed by atoms with Crippen molar-refractivity contribution in [1.29, 1.82) is 0 Å². The summed E-state index contributed by atoms with van der Waals surface area (Å²) in [6, 6.07) is 7.31. The molecule has 3 rings (SSSR count). The van der Waals surface area contributed by atoms with Crippen molar-refractivity contribution in [3.63, 3.8) is 0 Å². The molecule has 0 aromatic heterocycles. The lowest BCUT2D eigenvalue weighted by Gasteiger charge is -2.44. The van der Waals surface area contributed by atoms with E-state index >= 15 is 0 Å². The molecular weight excluding hydrogens is 506 g/mol. The van der Waals surface area contributed by atoms with Crippen molar-refractivity contribution < 1.29 is 57.2 Å². The fourth-order valence-electron chi connectivity index (χ4n) is 4.00. The quantitative estimate of drug-likeness (QED) is 0.312. The van der Waals surface area contributed by atoms with E-state index in [1.54, 1.807) is 19.2 Å². The molecule has 13 heteroatoms. The molecule has 6 atom stereocenters. The minimum Gasteiger partial charge on any atom is -0.497 e. The normalized spacial score (nSPS) is 26.4. The third-order valence-electron chi connectivity index (χ3n) is 5.55. The largest absolute Gasteiger partial charge is 0.497 e. The Balaban J connectivity index is 1.76. The Morgan fingerprint density at radius 1 is 0.842 bits per heavy atom. The van der Waals surface area contributed by atoms with E-state index in [0.29, 0.717) is 17.9 Å². The van der Waals surface area contributed by atoms with Gasteiger partial charge in [0.25, 0.3) is 0 Å². The van der Waals surface area contributed by atoms with Gasteiger partial charge in [0.2, 0.25) is 0 Å². The molecule has 38 heavy (non-hydrogen) atoms. The van der Waals surface area contributed by atoms with Crippen molar-refractivity contribution in [2.45, 2.75) is 70.9 Å². The van der Waals surface area contributed by atoms with E-state index in [0.717, 1.165) is 26.3 Å². The van der Waals surface area contributed by atoms with Crippen LogP contribution in [0.2, 0.25) is 0 Å². The van der Waals surface area contributed by atoms with E-state index < -0.39 is 60.7 Å². The molecule has 1 saturated heterocycles. The maximum absolute atomic E-state index is 11.9. The summed E-state index contributed by atoms with van der Waals surface area (Å²) in [6.07, 6.45) is -6.35. The average molecular weight is 538 g/mol. The van der Waals surface area contributed by atoms with Gasteiger partial charge >= 0.3 is 23.9 Å². The standard InChI is InChI=1S/C25H31NO12/c1-13(27)32-12-21-22(34-14(2)28)23(35-15(3)29)24(36-16(4)30)25(37-21)33-11-19-10-20(26-38-19)17-6-8-18(31-5)9-7-17/h6-9,19,21-25H,10-12H2,1-5H3/t19-,21+,22+,23-,24+,25+/m1/s1. The van der Waals surface area contributed by atoms with E-state index in [-0.39, 0.29) is 13.2 Å². The van der Waals surface area contributed by atoms with Crippen LogP contribution < -0.4 is 4.74 Å². The number of benzene rings is 1. The van der Waals surface area contributed by atoms with E-state index in [2.05, 4.69) is 5.16 Å². The molecule has 208 valence electrons. The molecule has 0 amide bonds. The average Bonchev–Trinajstić information content (AvgIpc) is 3.33. The number of hydrogen-bond acceptors (Lipinski definition) is 13. The molecule has 0 N–H and O–H groups in total. The summed E-state index contributed by atoms with van der Waals surface area (Å²) in [7, 11) is 1.58. The third kappa shape index (κ3) is 7.89. The predicted molar refractivity (Wildman–Crippen MR) is 127 cm³/mol. The second kappa shape index (κ2) is 13.2. The van der Waals surface area contributed by atoms with Gasteiger partial charge in [-0.1, -0.05) is 5.16 Å². The second-order valence-corrected chi connectivity index (χ2v) is 8.60. The molecule has 0 aliphatic carbocycles. The van der Waals surface area contributed by atoms with Crippen LogP contribution in [0.3, 0.4) is 0 Å². The number of nitrogens with zero attached hydrogens (tertiary/aromatic N) is 1. The number of methoxy groups -OCH3 is 1. The summed E-state index contributed by atoms with van der Waals surface area (Å²) in [5, 5.41) is 4.12. The van der Waals surface area contributed by atoms with Crippen LogP contribution in [-0.4, -0.2) is 86.7 Å². The number of ether oxygens (including phenoxy) is 7. The Hall–Kier alpha value is -3.71. The summed E-state index contributed by atoms with van der Waals surface area (Å²) in [5.74, 6) is -2.07. The number of carbonyl (C=O) groups is 4. The molecule has 0 saturated carbocycles. The first-order chi connectivity index (χ1) is 18.1. The van der Waals surface area contributed by atoms with Gasteiger partial charge in [-0.25, -0.2) is 0 Å². The third-order valence-corrected chi connectivity index (χ3v) is 5.55. The Labute approximate surface area is 219 Å². The second-order valence-electron chi connectivity index (χ2n) is 8.60. The van der Waals surface area contributed by atoms with Crippen LogP contribution in [-0.2, 0) is 52.4 Å². The van der Waals surface area contributed by atoms with Crippen LogP contribution in [0.5, 0.6) is 5.75 Å². The van der Waals surface area contributed by atoms with Gasteiger partial charge in [-0.05, 0) is 29.8 Å². The fraction of sp³-hybridized carbons (Fsp3) is 0.560. The molecule has 0 spiro atoms. The number of carbonyl (C=O) groups excluding carboxylic acids is 4. The summed E-state index contributed by atoms with van der Waals surface area (Å²) in [4.78, 5) is 52.6. The van der Waals surface area contributed by atoms with Crippen LogP contribution in [0.25, 0.3) is 0 Å². The van der Waals surface area contributed by atoms with Crippen molar-refractivity contribution in [1.82, 2.24) is 0 Å². The number of oxime groups is 1. The molecule has 2 aliphatic rings. The summed E-state index contributed by atoms with van der Waals surface area (Å²) < 4.78 is 38.2. The Kier molecular flexibility index (Phi) is 10.0. The Morgan fingerprint density at radius 2 is 1.45 bits per heavy atom. The highest BCUT2D eigenvalue weighted by molar-refractivity contribution is 6.01. The summed E-state index contributed by atoms with van der Waals surface area (Å²) >= 11 is 0. The van der Waals surface area contributed by atoms with Crippen molar-refractivity contribution >= 4 is 29.6 Å². The van der Waals surface area contributed by atoms with Crippen molar-refractivity contribution in [2.24, 2.45) is 5.16 Å².